The van der Waals surface area contributed by atoms with E-state index < -0.39 is 5.60 Å². The van der Waals surface area contributed by atoms with Crippen LogP contribution in [0.3, 0.4) is 0 Å². The fourth-order valence-electron chi connectivity index (χ4n) is 2.08. The molecule has 90 valence electrons. The van der Waals surface area contributed by atoms with Crippen molar-refractivity contribution in [3.05, 3.63) is 0 Å². The molecule has 2 N–H and O–H groups in total. The van der Waals surface area contributed by atoms with Crippen molar-refractivity contribution in [2.75, 3.05) is 26.3 Å². The molecule has 0 aromatic rings. The Kier molecular flexibility index (Phi) is 5.03. The summed E-state index contributed by atoms with van der Waals surface area (Å²) in [7, 11) is 0. The lowest BCUT2D eigenvalue weighted by Crippen LogP contribution is -2.46. The number of aliphatic hydroxyl groups is 1. The van der Waals surface area contributed by atoms with Gasteiger partial charge in [-0.05, 0) is 38.1 Å². The number of ether oxygens (including phenoxy) is 1. The maximum Gasteiger partial charge on any atom is 0.0773 e. The Morgan fingerprint density at radius 3 is 2.53 bits per heavy atom. The molecule has 1 heterocycles. The number of hydrogen-bond acceptors (Lipinski definition) is 3. The highest BCUT2D eigenvalue weighted by Gasteiger charge is 2.32. The third-order valence-corrected chi connectivity index (χ3v) is 3.14. The van der Waals surface area contributed by atoms with Crippen molar-refractivity contribution in [3.8, 4) is 0 Å². The van der Waals surface area contributed by atoms with Gasteiger partial charge in [0.25, 0.3) is 0 Å². The largest absolute Gasteiger partial charge is 0.389 e. The molecular weight excluding hydrogens is 190 g/mol. The second-order valence-corrected chi connectivity index (χ2v) is 5.27. The smallest absolute Gasteiger partial charge is 0.0773 e. The van der Waals surface area contributed by atoms with Crippen molar-refractivity contribution in [1.29, 1.82) is 0 Å². The van der Waals surface area contributed by atoms with Crippen LogP contribution < -0.4 is 5.32 Å². The first-order valence-corrected chi connectivity index (χ1v) is 6.03. The van der Waals surface area contributed by atoms with Gasteiger partial charge in [0.2, 0.25) is 0 Å². The molecule has 0 spiro atoms. The summed E-state index contributed by atoms with van der Waals surface area (Å²) in [6, 6.07) is 0. The molecule has 15 heavy (non-hydrogen) atoms. The van der Waals surface area contributed by atoms with Crippen molar-refractivity contribution in [3.63, 3.8) is 0 Å². The first kappa shape index (κ1) is 12.9. The monoisotopic (exact) mass is 215 g/mol. The van der Waals surface area contributed by atoms with Crippen molar-refractivity contribution in [1.82, 2.24) is 5.32 Å². The molecule has 0 aromatic carbocycles. The van der Waals surface area contributed by atoms with E-state index in [0.29, 0.717) is 18.4 Å². The predicted molar refractivity (Wildman–Crippen MR) is 61.9 cm³/mol. The molecule has 1 saturated heterocycles. The minimum atomic E-state index is -0.585. The van der Waals surface area contributed by atoms with Gasteiger partial charge < -0.3 is 15.2 Å². The lowest BCUT2D eigenvalue weighted by molar-refractivity contribution is -0.0522. The third-order valence-electron chi connectivity index (χ3n) is 3.14. The molecular formula is C12H25NO2. The van der Waals surface area contributed by atoms with Crippen LogP contribution in [0.15, 0.2) is 0 Å². The standard InChI is InChI=1S/C12H25NO2/c1-10(2)8-13-9-12(3,14)11-4-6-15-7-5-11/h10-11,13-14H,4-9H2,1-3H3. The van der Waals surface area contributed by atoms with E-state index in [1.54, 1.807) is 0 Å². The van der Waals surface area contributed by atoms with E-state index >= 15 is 0 Å². The van der Waals surface area contributed by atoms with Crippen LogP contribution in [-0.4, -0.2) is 37.0 Å². The van der Waals surface area contributed by atoms with E-state index in [-0.39, 0.29) is 0 Å². The van der Waals surface area contributed by atoms with Gasteiger partial charge in [-0.2, -0.15) is 0 Å². The minimum Gasteiger partial charge on any atom is -0.389 e. The summed E-state index contributed by atoms with van der Waals surface area (Å²) in [5, 5.41) is 13.7. The summed E-state index contributed by atoms with van der Waals surface area (Å²) in [6.07, 6.45) is 1.96. The molecule has 1 aliphatic heterocycles. The van der Waals surface area contributed by atoms with Gasteiger partial charge in [-0.15, -0.1) is 0 Å². The SMILES string of the molecule is CC(C)CNCC(C)(O)C1CCOCC1. The van der Waals surface area contributed by atoms with Crippen LogP contribution >= 0.6 is 0 Å². The highest BCUT2D eigenvalue weighted by Crippen LogP contribution is 2.26. The van der Waals surface area contributed by atoms with Gasteiger partial charge in [0, 0.05) is 19.8 Å². The molecule has 3 nitrogen and oxygen atoms in total. The Morgan fingerprint density at radius 1 is 1.40 bits per heavy atom. The van der Waals surface area contributed by atoms with Crippen LogP contribution in [0.25, 0.3) is 0 Å². The Balaban J connectivity index is 2.29. The zero-order valence-electron chi connectivity index (χ0n) is 10.3. The number of rotatable bonds is 5. The zero-order valence-corrected chi connectivity index (χ0v) is 10.3. The van der Waals surface area contributed by atoms with Crippen LogP contribution in [0.4, 0.5) is 0 Å². The lowest BCUT2D eigenvalue weighted by Gasteiger charge is -2.35. The molecule has 0 aromatic heterocycles. The molecule has 0 bridgehead atoms. The van der Waals surface area contributed by atoms with Crippen molar-refractivity contribution >= 4 is 0 Å². The molecule has 0 radical (unpaired) electrons. The normalized spacial score (nSPS) is 23.0. The van der Waals surface area contributed by atoms with Gasteiger partial charge in [-0.3, -0.25) is 0 Å². The fourth-order valence-corrected chi connectivity index (χ4v) is 2.08. The van der Waals surface area contributed by atoms with Gasteiger partial charge in [-0.25, -0.2) is 0 Å². The Bertz CT molecular complexity index is 174. The van der Waals surface area contributed by atoms with E-state index in [1.807, 2.05) is 6.92 Å². The van der Waals surface area contributed by atoms with Gasteiger partial charge in [0.1, 0.15) is 0 Å². The van der Waals surface area contributed by atoms with Crippen molar-refractivity contribution in [2.45, 2.75) is 39.2 Å². The predicted octanol–water partition coefficient (Wildman–Crippen LogP) is 1.41. The van der Waals surface area contributed by atoms with Gasteiger partial charge in [0.05, 0.1) is 5.60 Å². The molecule has 3 heteroatoms. The van der Waals surface area contributed by atoms with E-state index in [9.17, 15) is 5.11 Å². The van der Waals surface area contributed by atoms with E-state index in [0.717, 1.165) is 32.6 Å². The van der Waals surface area contributed by atoms with Crippen molar-refractivity contribution in [2.24, 2.45) is 11.8 Å². The highest BCUT2D eigenvalue weighted by atomic mass is 16.5. The third kappa shape index (κ3) is 4.49. The summed E-state index contributed by atoms with van der Waals surface area (Å²) in [5.41, 5.74) is -0.585. The Morgan fingerprint density at radius 2 is 2.00 bits per heavy atom. The number of nitrogens with one attached hydrogen (secondary N) is 1. The second-order valence-electron chi connectivity index (χ2n) is 5.27. The van der Waals surface area contributed by atoms with E-state index in [1.165, 1.54) is 0 Å². The minimum absolute atomic E-state index is 0.380. The summed E-state index contributed by atoms with van der Waals surface area (Å²) in [6.45, 7) is 9.55. The molecule has 0 saturated carbocycles. The summed E-state index contributed by atoms with van der Waals surface area (Å²) in [4.78, 5) is 0. The molecule has 0 amide bonds. The molecule has 1 rings (SSSR count). The average molecular weight is 215 g/mol. The Hall–Kier alpha value is -0.120. The maximum atomic E-state index is 10.3. The van der Waals surface area contributed by atoms with Gasteiger partial charge >= 0.3 is 0 Å². The maximum absolute atomic E-state index is 10.3. The first-order valence-electron chi connectivity index (χ1n) is 6.03. The quantitative estimate of drug-likeness (QED) is 0.728. The second kappa shape index (κ2) is 5.83. The topological polar surface area (TPSA) is 41.5 Å². The molecule has 1 unspecified atom stereocenters. The molecule has 1 aliphatic rings. The van der Waals surface area contributed by atoms with Crippen LogP contribution in [-0.2, 0) is 4.74 Å². The Labute approximate surface area is 93.2 Å². The van der Waals surface area contributed by atoms with E-state index in [2.05, 4.69) is 19.2 Å². The summed E-state index contributed by atoms with van der Waals surface area (Å²) < 4.78 is 5.31. The van der Waals surface area contributed by atoms with Crippen LogP contribution in [0, 0.1) is 11.8 Å². The van der Waals surface area contributed by atoms with Crippen LogP contribution in [0.2, 0.25) is 0 Å². The molecule has 1 fully saturated rings. The molecule has 1 atom stereocenters. The van der Waals surface area contributed by atoms with Crippen LogP contribution in [0.5, 0.6) is 0 Å². The van der Waals surface area contributed by atoms with E-state index in [4.69, 9.17) is 4.74 Å². The lowest BCUT2D eigenvalue weighted by atomic mass is 9.83. The van der Waals surface area contributed by atoms with Gasteiger partial charge in [-0.1, -0.05) is 13.8 Å². The fraction of sp³-hybridized carbons (Fsp3) is 1.00. The summed E-state index contributed by atoms with van der Waals surface area (Å²) >= 11 is 0. The van der Waals surface area contributed by atoms with Crippen LogP contribution in [0.1, 0.15) is 33.6 Å². The highest BCUT2D eigenvalue weighted by molar-refractivity contribution is 4.85. The zero-order chi connectivity index (χ0) is 11.3. The molecule has 0 aliphatic carbocycles. The van der Waals surface area contributed by atoms with Gasteiger partial charge in [0.15, 0.2) is 0 Å². The average Bonchev–Trinajstić information content (AvgIpc) is 2.18. The number of hydrogen-bond donors (Lipinski definition) is 2. The van der Waals surface area contributed by atoms with Crippen molar-refractivity contribution < 1.29 is 9.84 Å². The first-order chi connectivity index (χ1) is 7.02. The summed E-state index contributed by atoms with van der Waals surface area (Å²) in [5.74, 6) is 1.02.